The first-order valence-electron chi connectivity index (χ1n) is 13.8. The minimum absolute atomic E-state index is 0.115. The number of allylic oxidation sites excluding steroid dienone is 1. The van der Waals surface area contributed by atoms with Gasteiger partial charge in [-0.1, -0.05) is 12.1 Å². The molecular weight excluding hydrogens is 537 g/mol. The molecule has 1 aliphatic heterocycles. The van der Waals surface area contributed by atoms with Gasteiger partial charge < -0.3 is 16.0 Å². The number of nitrogens with two attached hydrogens (primary N) is 1. The lowest BCUT2D eigenvalue weighted by molar-refractivity contribution is -0.129. The molecule has 1 saturated heterocycles. The van der Waals surface area contributed by atoms with Crippen molar-refractivity contribution in [2.75, 3.05) is 17.6 Å². The second-order valence-corrected chi connectivity index (χ2v) is 11.1. The summed E-state index contributed by atoms with van der Waals surface area (Å²) in [5, 5.41) is 17.5. The van der Waals surface area contributed by atoms with E-state index in [1.54, 1.807) is 40.1 Å². The highest BCUT2D eigenvalue weighted by Crippen LogP contribution is 2.47. The molecule has 1 aromatic carbocycles. The standard InChI is InChI=1S/C30H26FN9O2/c31-21-12-18(29(41)37-24-3-1-2-8-34-24)6-7-20(21)26-25-27(33)35-15-36-28(25)40(38-26)23-11-17-10-22(23)39(14-17)30(42)19(13-32)9-16-4-5-16/h1-3,6-9,12,15-17,22-23H,4-5,10-11,14H2,(H2,33,35,36)(H,34,37,41)/t17-,22-,23+/m1/s1. The summed E-state index contributed by atoms with van der Waals surface area (Å²) in [7, 11) is 0. The molecule has 2 aliphatic carbocycles. The molecule has 2 saturated carbocycles. The number of amides is 2. The normalized spacial score (nSPS) is 21.5. The molecule has 3 aromatic heterocycles. The number of rotatable bonds is 6. The van der Waals surface area contributed by atoms with Crippen LogP contribution in [0.5, 0.6) is 0 Å². The van der Waals surface area contributed by atoms with Crippen molar-refractivity contribution in [2.45, 2.75) is 37.8 Å². The SMILES string of the molecule is N#CC(=CC1CC1)C(=O)N1C[C@@H]2C[C@@H]1[C@@H](n1nc(-c3ccc(C(=O)Nc4ccccn4)cc3F)c3c(N)ncnc31)C2. The number of pyridine rings is 1. The number of piperidine rings is 1. The van der Waals surface area contributed by atoms with Gasteiger partial charge in [-0.05, 0) is 67.9 Å². The maximum absolute atomic E-state index is 15.6. The molecular formula is C30H26FN9O2. The third-order valence-corrected chi connectivity index (χ3v) is 8.31. The Morgan fingerprint density at radius 2 is 1.95 bits per heavy atom. The van der Waals surface area contributed by atoms with Crippen LogP contribution >= 0.6 is 0 Å². The lowest BCUT2D eigenvalue weighted by Crippen LogP contribution is -2.43. The van der Waals surface area contributed by atoms with Crippen molar-refractivity contribution in [1.29, 1.82) is 5.26 Å². The van der Waals surface area contributed by atoms with Gasteiger partial charge in [0.15, 0.2) is 5.65 Å². The Hall–Kier alpha value is -5.18. The van der Waals surface area contributed by atoms with E-state index in [1.807, 2.05) is 0 Å². The van der Waals surface area contributed by atoms with E-state index in [0.29, 0.717) is 29.3 Å². The van der Waals surface area contributed by atoms with Crippen LogP contribution in [-0.4, -0.2) is 54.0 Å². The van der Waals surface area contributed by atoms with Crippen molar-refractivity contribution in [3.05, 3.63) is 72.0 Å². The molecule has 3 fully saturated rings. The van der Waals surface area contributed by atoms with Crippen molar-refractivity contribution >= 4 is 34.5 Å². The number of carbonyl (C=O) groups excluding carboxylic acids is 2. The number of nitrogens with zero attached hydrogens (tertiary/aromatic N) is 7. The smallest absolute Gasteiger partial charge is 0.264 e. The summed E-state index contributed by atoms with van der Waals surface area (Å²) >= 11 is 0. The van der Waals surface area contributed by atoms with Gasteiger partial charge in [-0.25, -0.2) is 24.0 Å². The molecule has 3 N–H and O–H groups in total. The Labute approximate surface area is 239 Å². The fourth-order valence-corrected chi connectivity index (χ4v) is 6.19. The summed E-state index contributed by atoms with van der Waals surface area (Å²) < 4.78 is 17.3. The number of hydrogen-bond acceptors (Lipinski definition) is 8. The Bertz CT molecular complexity index is 1810. The number of likely N-dealkylation sites (tertiary alicyclic amines) is 1. The third-order valence-electron chi connectivity index (χ3n) is 8.31. The van der Waals surface area contributed by atoms with Crippen LogP contribution in [0.25, 0.3) is 22.3 Å². The van der Waals surface area contributed by atoms with Gasteiger partial charge >= 0.3 is 0 Å². The minimum atomic E-state index is -0.660. The number of halogens is 1. The van der Waals surface area contributed by atoms with Crippen LogP contribution in [0.15, 0.2) is 60.6 Å². The molecule has 4 aromatic rings. The molecule has 210 valence electrons. The van der Waals surface area contributed by atoms with Gasteiger partial charge in [0.1, 0.15) is 41.1 Å². The molecule has 4 heterocycles. The summed E-state index contributed by atoms with van der Waals surface area (Å²) in [5.74, 6) is -0.362. The van der Waals surface area contributed by atoms with Gasteiger partial charge in [0.25, 0.3) is 11.8 Å². The molecule has 0 spiro atoms. The Morgan fingerprint density at radius 3 is 2.67 bits per heavy atom. The van der Waals surface area contributed by atoms with Crippen LogP contribution in [-0.2, 0) is 4.79 Å². The van der Waals surface area contributed by atoms with Crippen LogP contribution < -0.4 is 11.1 Å². The van der Waals surface area contributed by atoms with Crippen LogP contribution in [0, 0.1) is 29.0 Å². The van der Waals surface area contributed by atoms with E-state index in [0.717, 1.165) is 31.7 Å². The van der Waals surface area contributed by atoms with Gasteiger partial charge in [0.2, 0.25) is 0 Å². The van der Waals surface area contributed by atoms with E-state index >= 15 is 4.39 Å². The molecule has 7 rings (SSSR count). The van der Waals surface area contributed by atoms with Gasteiger partial charge in [-0.15, -0.1) is 0 Å². The largest absolute Gasteiger partial charge is 0.383 e. The van der Waals surface area contributed by atoms with E-state index < -0.39 is 11.7 Å². The minimum Gasteiger partial charge on any atom is -0.383 e. The Morgan fingerprint density at radius 1 is 1.12 bits per heavy atom. The number of aromatic nitrogens is 5. The van der Waals surface area contributed by atoms with Crippen LogP contribution in [0.1, 0.15) is 42.1 Å². The number of anilines is 2. The molecule has 42 heavy (non-hydrogen) atoms. The zero-order valence-electron chi connectivity index (χ0n) is 22.4. The van der Waals surface area contributed by atoms with Gasteiger partial charge in [0.05, 0.1) is 17.5 Å². The fraction of sp³-hybridized carbons (Fsp3) is 0.300. The lowest BCUT2D eigenvalue weighted by Gasteiger charge is -2.33. The van der Waals surface area contributed by atoms with Crippen molar-refractivity contribution in [3.63, 3.8) is 0 Å². The topological polar surface area (TPSA) is 156 Å². The van der Waals surface area contributed by atoms with E-state index in [9.17, 15) is 14.9 Å². The molecule has 3 aliphatic rings. The van der Waals surface area contributed by atoms with Crippen molar-refractivity contribution in [1.82, 2.24) is 29.6 Å². The first-order valence-corrected chi connectivity index (χ1v) is 13.8. The average Bonchev–Trinajstić information content (AvgIpc) is 3.40. The van der Waals surface area contributed by atoms with E-state index in [1.165, 1.54) is 18.5 Å². The summed E-state index contributed by atoms with van der Waals surface area (Å²) in [6.07, 6.45) is 8.23. The molecule has 2 bridgehead atoms. The number of fused-ring (bicyclic) bond motifs is 3. The Kier molecular flexibility index (Phi) is 6.15. The number of hydrogen-bond donors (Lipinski definition) is 2. The molecule has 11 nitrogen and oxygen atoms in total. The summed E-state index contributed by atoms with van der Waals surface area (Å²) in [6, 6.07) is 10.9. The van der Waals surface area contributed by atoms with E-state index in [4.69, 9.17) is 10.8 Å². The zero-order chi connectivity index (χ0) is 29.0. The quantitative estimate of drug-likeness (QED) is 0.264. The van der Waals surface area contributed by atoms with Crippen molar-refractivity contribution in [3.8, 4) is 17.3 Å². The van der Waals surface area contributed by atoms with E-state index in [2.05, 4.69) is 26.3 Å². The third kappa shape index (κ3) is 4.43. The number of nitriles is 1. The predicted octanol–water partition coefficient (Wildman–Crippen LogP) is 3.88. The fourth-order valence-electron chi connectivity index (χ4n) is 6.19. The van der Waals surface area contributed by atoms with Crippen LogP contribution in [0.4, 0.5) is 16.0 Å². The van der Waals surface area contributed by atoms with Gasteiger partial charge in [-0.3, -0.25) is 9.59 Å². The maximum atomic E-state index is 15.6. The molecule has 3 atom stereocenters. The zero-order valence-corrected chi connectivity index (χ0v) is 22.4. The average molecular weight is 564 g/mol. The monoisotopic (exact) mass is 563 g/mol. The highest BCUT2D eigenvalue weighted by atomic mass is 19.1. The van der Waals surface area contributed by atoms with Crippen molar-refractivity contribution in [2.24, 2.45) is 11.8 Å². The summed E-state index contributed by atoms with van der Waals surface area (Å²) in [6.45, 7) is 0.587. The number of nitrogen functional groups attached to an aromatic ring is 1. The van der Waals surface area contributed by atoms with Crippen LogP contribution in [0.3, 0.4) is 0 Å². The molecule has 0 radical (unpaired) electrons. The maximum Gasteiger partial charge on any atom is 0.264 e. The molecule has 0 unspecified atom stereocenters. The number of carbonyl (C=O) groups is 2. The second kappa shape index (κ2) is 10.0. The summed E-state index contributed by atoms with van der Waals surface area (Å²) in [4.78, 5) is 40.5. The Balaban J connectivity index is 1.23. The highest BCUT2D eigenvalue weighted by molar-refractivity contribution is 6.04. The molecule has 2 amide bonds. The highest BCUT2D eigenvalue weighted by Gasteiger charge is 2.49. The number of benzene rings is 1. The second-order valence-electron chi connectivity index (χ2n) is 11.1. The van der Waals surface area contributed by atoms with Crippen molar-refractivity contribution < 1.29 is 14.0 Å². The van der Waals surface area contributed by atoms with E-state index in [-0.39, 0.29) is 52.1 Å². The number of nitrogens with one attached hydrogen (secondary N) is 1. The predicted molar refractivity (Wildman–Crippen MR) is 151 cm³/mol. The van der Waals surface area contributed by atoms with Gasteiger partial charge in [-0.2, -0.15) is 10.4 Å². The first kappa shape index (κ1) is 25.8. The first-order chi connectivity index (χ1) is 20.4. The van der Waals surface area contributed by atoms with Gasteiger partial charge in [0, 0.05) is 23.9 Å². The van der Waals surface area contributed by atoms with Crippen LogP contribution in [0.2, 0.25) is 0 Å². The summed E-state index contributed by atoms with van der Waals surface area (Å²) in [5.41, 5.74) is 7.42. The lowest BCUT2D eigenvalue weighted by atomic mass is 10.0. The molecule has 12 heteroatoms.